The molecule has 0 spiro atoms. The minimum atomic E-state index is 0.637. The van der Waals surface area contributed by atoms with Crippen LogP contribution in [-0.4, -0.2) is 15.2 Å². The van der Waals surface area contributed by atoms with E-state index in [1.54, 1.807) is 6.33 Å². The zero-order chi connectivity index (χ0) is 13.8. The molecule has 4 heteroatoms. The van der Waals surface area contributed by atoms with Crippen LogP contribution in [0.4, 0.5) is 0 Å². The summed E-state index contributed by atoms with van der Waals surface area (Å²) >= 11 is 0. The number of rotatable bonds is 6. The highest BCUT2D eigenvalue weighted by Gasteiger charge is 2.09. The number of aryl methyl sites for hydroxylation is 1. The molecular weight excluding hydrogens is 272 g/mol. The first-order valence-corrected chi connectivity index (χ1v) is 9.07. The molecule has 1 aromatic heterocycles. The second-order valence-electron chi connectivity index (χ2n) is 5.54. The van der Waals surface area contributed by atoms with Gasteiger partial charge in [-0.05, 0) is 36.5 Å². The first-order chi connectivity index (χ1) is 9.06. The summed E-state index contributed by atoms with van der Waals surface area (Å²) in [7, 11) is 3.81. The minimum Gasteiger partial charge on any atom is -0.345 e. The molecule has 1 heterocycles. The molecule has 19 heavy (non-hydrogen) atoms. The van der Waals surface area contributed by atoms with Gasteiger partial charge in [-0.15, -0.1) is 0 Å². The quantitative estimate of drug-likeness (QED) is 0.733. The lowest BCUT2D eigenvalue weighted by Crippen LogP contribution is -1.94. The highest BCUT2D eigenvalue weighted by Crippen LogP contribution is 2.38. The summed E-state index contributed by atoms with van der Waals surface area (Å²) in [5.41, 5.74) is 3.67. The van der Waals surface area contributed by atoms with E-state index in [0.717, 1.165) is 23.4 Å². The number of nitrogens with zero attached hydrogens (tertiary/aromatic N) is 1. The molecule has 1 N–H and O–H groups in total. The number of H-pyrrole nitrogens is 1. The molecule has 0 unspecified atom stereocenters. The summed E-state index contributed by atoms with van der Waals surface area (Å²) in [5.74, 6) is 0.744. The standard InChI is InChI=1S/C15H22N2S2/c1-10(2)5-6-12-7-13-14(17-9-16-13)8-15(12)19-18-11(3)4/h7-11H,5-6H2,1-4H3,(H,16,17). The summed E-state index contributed by atoms with van der Waals surface area (Å²) in [4.78, 5) is 8.95. The van der Waals surface area contributed by atoms with E-state index in [0.29, 0.717) is 5.25 Å². The second-order valence-corrected chi connectivity index (χ2v) is 8.36. The monoisotopic (exact) mass is 294 g/mol. The summed E-state index contributed by atoms with van der Waals surface area (Å²) in [5, 5.41) is 0.637. The van der Waals surface area contributed by atoms with Crippen molar-refractivity contribution in [1.82, 2.24) is 9.97 Å². The van der Waals surface area contributed by atoms with Gasteiger partial charge in [-0.1, -0.05) is 49.3 Å². The third-order valence-electron chi connectivity index (χ3n) is 2.92. The van der Waals surface area contributed by atoms with Crippen LogP contribution in [0.25, 0.3) is 11.0 Å². The van der Waals surface area contributed by atoms with Gasteiger partial charge in [-0.3, -0.25) is 0 Å². The molecular formula is C15H22N2S2. The lowest BCUT2D eigenvalue weighted by Gasteiger charge is -2.11. The van der Waals surface area contributed by atoms with Crippen LogP contribution in [0.5, 0.6) is 0 Å². The molecule has 1 aromatic carbocycles. The fraction of sp³-hybridized carbons (Fsp3) is 0.533. The van der Waals surface area contributed by atoms with Gasteiger partial charge in [-0.25, -0.2) is 4.98 Å². The Morgan fingerprint density at radius 1 is 1.21 bits per heavy atom. The average molecular weight is 294 g/mol. The van der Waals surface area contributed by atoms with Gasteiger partial charge in [-0.2, -0.15) is 0 Å². The molecule has 0 saturated heterocycles. The van der Waals surface area contributed by atoms with Crippen molar-refractivity contribution in [3.63, 3.8) is 0 Å². The number of imidazole rings is 1. The van der Waals surface area contributed by atoms with Gasteiger partial charge in [0.05, 0.1) is 17.4 Å². The Morgan fingerprint density at radius 2 is 2.00 bits per heavy atom. The first kappa shape index (κ1) is 14.8. The van der Waals surface area contributed by atoms with Crippen molar-refractivity contribution in [2.24, 2.45) is 5.92 Å². The predicted molar refractivity (Wildman–Crippen MR) is 87.8 cm³/mol. The number of hydrogen-bond acceptors (Lipinski definition) is 3. The number of hydrogen-bond donors (Lipinski definition) is 1. The number of nitrogens with one attached hydrogen (secondary N) is 1. The molecule has 0 radical (unpaired) electrons. The number of fused-ring (bicyclic) bond motifs is 1. The van der Waals surface area contributed by atoms with E-state index < -0.39 is 0 Å². The molecule has 0 aliphatic carbocycles. The lowest BCUT2D eigenvalue weighted by molar-refractivity contribution is 0.584. The highest BCUT2D eigenvalue weighted by molar-refractivity contribution is 8.76. The van der Waals surface area contributed by atoms with Crippen molar-refractivity contribution in [3.05, 3.63) is 24.0 Å². The van der Waals surface area contributed by atoms with Crippen LogP contribution in [0.2, 0.25) is 0 Å². The maximum atomic E-state index is 4.36. The van der Waals surface area contributed by atoms with Crippen LogP contribution >= 0.6 is 21.6 Å². The first-order valence-electron chi connectivity index (χ1n) is 6.85. The molecule has 0 fully saturated rings. The highest BCUT2D eigenvalue weighted by atomic mass is 33.1. The molecule has 0 amide bonds. The molecule has 2 nitrogen and oxygen atoms in total. The topological polar surface area (TPSA) is 28.7 Å². The Bertz CT molecular complexity index is 486. The van der Waals surface area contributed by atoms with E-state index in [-0.39, 0.29) is 0 Å². The number of aromatic amines is 1. The zero-order valence-electron chi connectivity index (χ0n) is 12.1. The van der Waals surface area contributed by atoms with Crippen molar-refractivity contribution in [3.8, 4) is 0 Å². The summed E-state index contributed by atoms with van der Waals surface area (Å²) < 4.78 is 0. The Labute approximate surface area is 123 Å². The van der Waals surface area contributed by atoms with E-state index in [1.807, 2.05) is 21.6 Å². The predicted octanol–water partition coefficient (Wildman–Crippen LogP) is 5.30. The zero-order valence-corrected chi connectivity index (χ0v) is 13.7. The van der Waals surface area contributed by atoms with E-state index in [2.05, 4.69) is 49.8 Å². The summed E-state index contributed by atoms with van der Waals surface area (Å²) in [6, 6.07) is 4.50. The smallest absolute Gasteiger partial charge is 0.0931 e. The lowest BCUT2D eigenvalue weighted by atomic mass is 10.0. The molecule has 0 atom stereocenters. The number of aromatic nitrogens is 2. The van der Waals surface area contributed by atoms with Gasteiger partial charge in [0.1, 0.15) is 0 Å². The van der Waals surface area contributed by atoms with E-state index in [9.17, 15) is 0 Å². The maximum absolute atomic E-state index is 4.36. The normalized spacial score (nSPS) is 11.9. The Kier molecular flexibility index (Phi) is 5.22. The van der Waals surface area contributed by atoms with Crippen LogP contribution < -0.4 is 0 Å². The van der Waals surface area contributed by atoms with E-state index in [4.69, 9.17) is 0 Å². The van der Waals surface area contributed by atoms with Gasteiger partial charge >= 0.3 is 0 Å². The fourth-order valence-corrected chi connectivity index (χ4v) is 3.95. The van der Waals surface area contributed by atoms with Gasteiger partial charge in [0.25, 0.3) is 0 Å². The molecule has 2 rings (SSSR count). The van der Waals surface area contributed by atoms with Gasteiger partial charge in [0.2, 0.25) is 0 Å². The van der Waals surface area contributed by atoms with Gasteiger partial charge < -0.3 is 4.98 Å². The van der Waals surface area contributed by atoms with Crippen LogP contribution in [0, 0.1) is 5.92 Å². The van der Waals surface area contributed by atoms with E-state index >= 15 is 0 Å². The SMILES string of the molecule is CC(C)CCc1cc2[nH]cnc2cc1SSC(C)C. The Hall–Kier alpha value is -0.610. The van der Waals surface area contributed by atoms with E-state index in [1.165, 1.54) is 16.9 Å². The van der Waals surface area contributed by atoms with Crippen molar-refractivity contribution < 1.29 is 0 Å². The maximum Gasteiger partial charge on any atom is 0.0931 e. The summed E-state index contributed by atoms with van der Waals surface area (Å²) in [6.45, 7) is 9.03. The van der Waals surface area contributed by atoms with Crippen molar-refractivity contribution in [2.45, 2.75) is 50.7 Å². The Morgan fingerprint density at radius 3 is 2.68 bits per heavy atom. The average Bonchev–Trinajstić information content (AvgIpc) is 2.79. The van der Waals surface area contributed by atoms with Crippen LogP contribution in [0.3, 0.4) is 0 Å². The Balaban J connectivity index is 2.24. The summed E-state index contributed by atoms with van der Waals surface area (Å²) in [6.07, 6.45) is 4.16. The second kappa shape index (κ2) is 6.71. The minimum absolute atomic E-state index is 0.637. The molecule has 0 aliphatic rings. The van der Waals surface area contributed by atoms with Crippen LogP contribution in [0.15, 0.2) is 23.4 Å². The third-order valence-corrected chi connectivity index (χ3v) is 5.95. The van der Waals surface area contributed by atoms with Crippen LogP contribution in [0.1, 0.15) is 39.7 Å². The number of benzene rings is 1. The largest absolute Gasteiger partial charge is 0.345 e. The van der Waals surface area contributed by atoms with Gasteiger partial charge in [0, 0.05) is 10.1 Å². The third kappa shape index (κ3) is 4.18. The van der Waals surface area contributed by atoms with Crippen LogP contribution in [-0.2, 0) is 6.42 Å². The van der Waals surface area contributed by atoms with Gasteiger partial charge in [0.15, 0.2) is 0 Å². The molecule has 0 saturated carbocycles. The fourth-order valence-electron chi connectivity index (χ4n) is 1.87. The molecule has 0 bridgehead atoms. The molecule has 0 aliphatic heterocycles. The van der Waals surface area contributed by atoms with Crippen molar-refractivity contribution in [1.29, 1.82) is 0 Å². The van der Waals surface area contributed by atoms with Crippen molar-refractivity contribution in [2.75, 3.05) is 0 Å². The molecule has 2 aromatic rings. The molecule has 104 valence electrons. The van der Waals surface area contributed by atoms with Crippen molar-refractivity contribution >= 4 is 32.6 Å².